The Morgan fingerprint density at radius 1 is 1.50 bits per heavy atom. The third-order valence-electron chi connectivity index (χ3n) is 4.16. The molecule has 0 aliphatic carbocycles. The normalized spacial score (nSPS) is 22.1. The second-order valence-corrected chi connectivity index (χ2v) is 5.27. The summed E-state index contributed by atoms with van der Waals surface area (Å²) in [5.74, 6) is 0.575. The molecule has 1 amide bonds. The van der Waals surface area contributed by atoms with E-state index in [9.17, 15) is 4.79 Å². The molecule has 1 atom stereocenters. The second-order valence-electron chi connectivity index (χ2n) is 5.27. The summed E-state index contributed by atoms with van der Waals surface area (Å²) in [6.45, 7) is 7.53. The van der Waals surface area contributed by atoms with Crippen LogP contribution in [0.15, 0.2) is 5.16 Å². The Bertz CT molecular complexity index is 324. The number of nitrogens with zero attached hydrogens (tertiary/aromatic N) is 2. The molecule has 1 fully saturated rings. The number of carbonyl (C=O) groups excluding carboxylic acids is 1. The molecule has 0 aromatic carbocycles. The van der Waals surface area contributed by atoms with Gasteiger partial charge in [0.05, 0.1) is 0 Å². The molecule has 5 heteroatoms. The Labute approximate surface area is 109 Å². The summed E-state index contributed by atoms with van der Waals surface area (Å²) in [6, 6.07) is 0. The molecule has 0 bridgehead atoms. The smallest absolute Gasteiger partial charge is 0.236 e. The monoisotopic (exact) mass is 255 g/mol. The highest BCUT2D eigenvalue weighted by molar-refractivity contribution is 6.06. The number of nitrogens with two attached hydrogens (primary N) is 1. The fourth-order valence-electron chi connectivity index (χ4n) is 2.80. The maximum absolute atomic E-state index is 12.7. The molecular formula is C13H25N3O2. The highest BCUT2D eigenvalue weighted by atomic mass is 16.4. The van der Waals surface area contributed by atoms with Gasteiger partial charge in [-0.2, -0.15) is 0 Å². The second kappa shape index (κ2) is 6.07. The van der Waals surface area contributed by atoms with Gasteiger partial charge in [-0.15, -0.1) is 0 Å². The fourth-order valence-corrected chi connectivity index (χ4v) is 2.80. The van der Waals surface area contributed by atoms with E-state index >= 15 is 0 Å². The zero-order chi connectivity index (χ0) is 13.8. The lowest BCUT2D eigenvalue weighted by atomic mass is 9.79. The first kappa shape index (κ1) is 14.8. The fraction of sp³-hybridized carbons (Fsp3) is 0.846. The Balaban J connectivity index is 2.95. The molecular weight excluding hydrogens is 230 g/mol. The van der Waals surface area contributed by atoms with Gasteiger partial charge in [-0.05, 0) is 31.6 Å². The van der Waals surface area contributed by atoms with Crippen molar-refractivity contribution in [2.75, 3.05) is 13.1 Å². The predicted molar refractivity (Wildman–Crippen MR) is 71.4 cm³/mol. The maximum atomic E-state index is 12.7. The Morgan fingerprint density at radius 2 is 2.11 bits per heavy atom. The number of hydrogen-bond acceptors (Lipinski definition) is 3. The van der Waals surface area contributed by atoms with Crippen molar-refractivity contribution < 1.29 is 10.0 Å². The minimum Gasteiger partial charge on any atom is -0.409 e. The number of oxime groups is 1. The molecule has 0 aromatic rings. The van der Waals surface area contributed by atoms with Crippen LogP contribution in [0, 0.1) is 11.3 Å². The van der Waals surface area contributed by atoms with Crippen LogP contribution in [0.4, 0.5) is 0 Å². The number of rotatable bonds is 4. The third-order valence-corrected chi connectivity index (χ3v) is 4.16. The molecule has 0 radical (unpaired) electrons. The van der Waals surface area contributed by atoms with E-state index in [1.165, 1.54) is 6.42 Å². The van der Waals surface area contributed by atoms with Gasteiger partial charge in [-0.1, -0.05) is 25.9 Å². The molecule has 5 nitrogen and oxygen atoms in total. The summed E-state index contributed by atoms with van der Waals surface area (Å²) in [7, 11) is 0. The molecule has 1 aliphatic rings. The molecule has 1 aliphatic heterocycles. The molecule has 1 rings (SSSR count). The Kier molecular flexibility index (Phi) is 4.99. The van der Waals surface area contributed by atoms with Crippen LogP contribution in [0.3, 0.4) is 0 Å². The summed E-state index contributed by atoms with van der Waals surface area (Å²) in [6.07, 6.45) is 3.32. The van der Waals surface area contributed by atoms with Gasteiger partial charge in [-0.25, -0.2) is 0 Å². The molecule has 18 heavy (non-hydrogen) atoms. The summed E-state index contributed by atoms with van der Waals surface area (Å²) in [5.41, 5.74) is 4.93. The number of likely N-dealkylation sites (tertiary alicyclic amines) is 1. The van der Waals surface area contributed by atoms with Crippen LogP contribution in [-0.4, -0.2) is 34.9 Å². The zero-order valence-electron chi connectivity index (χ0n) is 11.6. The predicted octanol–water partition coefficient (Wildman–Crippen LogP) is 1.80. The number of piperidine rings is 1. The van der Waals surface area contributed by atoms with Crippen LogP contribution in [0.2, 0.25) is 0 Å². The van der Waals surface area contributed by atoms with Crippen molar-refractivity contribution in [1.29, 1.82) is 0 Å². The highest BCUT2D eigenvalue weighted by Crippen LogP contribution is 2.31. The van der Waals surface area contributed by atoms with E-state index in [-0.39, 0.29) is 11.7 Å². The van der Waals surface area contributed by atoms with Crippen molar-refractivity contribution in [3.8, 4) is 0 Å². The van der Waals surface area contributed by atoms with E-state index in [0.29, 0.717) is 18.8 Å². The lowest BCUT2D eigenvalue weighted by Crippen LogP contribution is -2.53. The topological polar surface area (TPSA) is 78.9 Å². The van der Waals surface area contributed by atoms with E-state index < -0.39 is 5.41 Å². The van der Waals surface area contributed by atoms with Crippen LogP contribution in [-0.2, 0) is 4.79 Å². The van der Waals surface area contributed by atoms with E-state index in [1.54, 1.807) is 0 Å². The Morgan fingerprint density at radius 3 is 2.56 bits per heavy atom. The SMILES string of the molecule is CCC(CC)(C(=O)N1CCCC(C)C1)C(N)=NO. The van der Waals surface area contributed by atoms with E-state index in [2.05, 4.69) is 12.1 Å². The molecule has 0 saturated carbocycles. The summed E-state index contributed by atoms with van der Waals surface area (Å²) in [4.78, 5) is 14.6. The first-order valence-corrected chi connectivity index (χ1v) is 6.79. The van der Waals surface area contributed by atoms with Crippen LogP contribution in [0.5, 0.6) is 0 Å². The summed E-state index contributed by atoms with van der Waals surface area (Å²) >= 11 is 0. The number of hydrogen-bond donors (Lipinski definition) is 2. The lowest BCUT2D eigenvalue weighted by Gasteiger charge is -2.38. The number of amidine groups is 1. The van der Waals surface area contributed by atoms with Crippen LogP contribution in [0.1, 0.15) is 46.5 Å². The first-order valence-electron chi connectivity index (χ1n) is 6.79. The average molecular weight is 255 g/mol. The molecule has 0 aromatic heterocycles. The Hall–Kier alpha value is -1.26. The van der Waals surface area contributed by atoms with Crippen molar-refractivity contribution in [3.05, 3.63) is 0 Å². The first-order chi connectivity index (χ1) is 8.51. The molecule has 1 heterocycles. The minimum absolute atomic E-state index is 0.00866. The van der Waals surface area contributed by atoms with Gasteiger partial charge in [0, 0.05) is 13.1 Å². The van der Waals surface area contributed by atoms with Crippen LogP contribution < -0.4 is 5.73 Å². The minimum atomic E-state index is -0.841. The van der Waals surface area contributed by atoms with E-state index in [0.717, 1.165) is 19.5 Å². The van der Waals surface area contributed by atoms with Crippen molar-refractivity contribution in [3.63, 3.8) is 0 Å². The maximum Gasteiger partial charge on any atom is 0.236 e. The average Bonchev–Trinajstić information content (AvgIpc) is 2.40. The quantitative estimate of drug-likeness (QED) is 0.348. The van der Waals surface area contributed by atoms with Gasteiger partial charge in [0.25, 0.3) is 0 Å². The molecule has 3 N–H and O–H groups in total. The highest BCUT2D eigenvalue weighted by Gasteiger charge is 2.43. The van der Waals surface area contributed by atoms with E-state index in [4.69, 9.17) is 10.9 Å². The third kappa shape index (κ3) is 2.60. The van der Waals surface area contributed by atoms with Crippen molar-refractivity contribution in [2.24, 2.45) is 22.2 Å². The summed E-state index contributed by atoms with van der Waals surface area (Å²) in [5, 5.41) is 12.0. The number of amides is 1. The van der Waals surface area contributed by atoms with Gasteiger partial charge in [-0.3, -0.25) is 4.79 Å². The molecule has 0 spiro atoms. The van der Waals surface area contributed by atoms with Gasteiger partial charge < -0.3 is 15.8 Å². The lowest BCUT2D eigenvalue weighted by molar-refractivity contribution is -0.140. The molecule has 1 saturated heterocycles. The zero-order valence-corrected chi connectivity index (χ0v) is 11.6. The van der Waals surface area contributed by atoms with Crippen molar-refractivity contribution >= 4 is 11.7 Å². The van der Waals surface area contributed by atoms with Gasteiger partial charge in [0.2, 0.25) is 5.91 Å². The standard InChI is InChI=1S/C13H25N3O2/c1-4-13(5-2,11(14)15-18)12(17)16-8-6-7-10(3)9-16/h10,18H,4-9H2,1-3H3,(H2,14,15). The molecule has 104 valence electrons. The molecule has 1 unspecified atom stereocenters. The van der Waals surface area contributed by atoms with Crippen molar-refractivity contribution in [1.82, 2.24) is 4.90 Å². The van der Waals surface area contributed by atoms with Crippen molar-refractivity contribution in [2.45, 2.75) is 46.5 Å². The van der Waals surface area contributed by atoms with E-state index in [1.807, 2.05) is 18.7 Å². The van der Waals surface area contributed by atoms with Crippen LogP contribution >= 0.6 is 0 Å². The van der Waals surface area contributed by atoms with Gasteiger partial charge in [0.15, 0.2) is 5.84 Å². The summed E-state index contributed by atoms with van der Waals surface area (Å²) < 4.78 is 0. The van der Waals surface area contributed by atoms with Gasteiger partial charge >= 0.3 is 0 Å². The van der Waals surface area contributed by atoms with Gasteiger partial charge in [0.1, 0.15) is 5.41 Å². The largest absolute Gasteiger partial charge is 0.409 e. The van der Waals surface area contributed by atoms with Crippen LogP contribution in [0.25, 0.3) is 0 Å². The number of carbonyl (C=O) groups is 1.